The molecule has 1 aromatic rings. The standard InChI is InChI=1S/C12H14F3NO2/c1-3-16(7-12(13,14)15)11(18)9-6-4-5-8(2)10(9)17/h4-6,17H,3,7H2,1-2H3. The molecule has 0 aliphatic carbocycles. The van der Waals surface area contributed by atoms with Crippen LogP contribution in [0, 0.1) is 6.92 Å². The monoisotopic (exact) mass is 261 g/mol. The summed E-state index contributed by atoms with van der Waals surface area (Å²) in [5.74, 6) is -1.10. The van der Waals surface area contributed by atoms with Crippen LogP contribution in [0.4, 0.5) is 13.2 Å². The van der Waals surface area contributed by atoms with E-state index in [1.54, 1.807) is 13.0 Å². The Labute approximate surface area is 103 Å². The number of alkyl halides is 3. The summed E-state index contributed by atoms with van der Waals surface area (Å²) in [6, 6.07) is 4.40. The topological polar surface area (TPSA) is 40.5 Å². The van der Waals surface area contributed by atoms with Crippen LogP contribution in [0.2, 0.25) is 0 Å². The number of carbonyl (C=O) groups is 1. The smallest absolute Gasteiger partial charge is 0.406 e. The molecule has 0 aliphatic rings. The van der Waals surface area contributed by atoms with Gasteiger partial charge in [-0.25, -0.2) is 0 Å². The molecule has 0 aromatic heterocycles. The highest BCUT2D eigenvalue weighted by Gasteiger charge is 2.33. The van der Waals surface area contributed by atoms with Crippen molar-refractivity contribution in [3.05, 3.63) is 29.3 Å². The van der Waals surface area contributed by atoms with Crippen molar-refractivity contribution in [3.63, 3.8) is 0 Å². The average Bonchev–Trinajstić information content (AvgIpc) is 2.27. The molecule has 3 nitrogen and oxygen atoms in total. The average molecular weight is 261 g/mol. The first kappa shape index (κ1) is 14.3. The van der Waals surface area contributed by atoms with E-state index in [4.69, 9.17) is 0 Å². The molecule has 0 saturated carbocycles. The molecule has 0 atom stereocenters. The first-order valence-corrected chi connectivity index (χ1v) is 5.41. The van der Waals surface area contributed by atoms with Gasteiger partial charge in [0.15, 0.2) is 0 Å². The second kappa shape index (κ2) is 5.29. The minimum absolute atomic E-state index is 0.0777. The van der Waals surface area contributed by atoms with Gasteiger partial charge in [-0.05, 0) is 25.5 Å². The zero-order chi connectivity index (χ0) is 13.9. The summed E-state index contributed by atoms with van der Waals surface area (Å²) >= 11 is 0. The number of rotatable bonds is 3. The van der Waals surface area contributed by atoms with Gasteiger partial charge < -0.3 is 10.0 Å². The molecule has 0 spiro atoms. The van der Waals surface area contributed by atoms with E-state index >= 15 is 0 Å². The van der Waals surface area contributed by atoms with Crippen LogP contribution in [0.25, 0.3) is 0 Å². The Morgan fingerprint density at radius 1 is 1.39 bits per heavy atom. The molecular weight excluding hydrogens is 247 g/mol. The second-order valence-corrected chi connectivity index (χ2v) is 3.91. The molecule has 0 fully saturated rings. The van der Waals surface area contributed by atoms with Crippen LogP contribution in [-0.2, 0) is 0 Å². The lowest BCUT2D eigenvalue weighted by Crippen LogP contribution is -2.38. The molecule has 1 amide bonds. The summed E-state index contributed by atoms with van der Waals surface area (Å²) < 4.78 is 36.9. The number of halogens is 3. The molecule has 0 bridgehead atoms. The van der Waals surface area contributed by atoms with E-state index in [0.717, 1.165) is 0 Å². The number of amides is 1. The maximum Gasteiger partial charge on any atom is 0.406 e. The summed E-state index contributed by atoms with van der Waals surface area (Å²) in [5.41, 5.74) is 0.338. The minimum Gasteiger partial charge on any atom is -0.507 e. The number of benzene rings is 1. The van der Waals surface area contributed by atoms with Crippen molar-refractivity contribution in [2.45, 2.75) is 20.0 Å². The van der Waals surface area contributed by atoms with Crippen LogP contribution < -0.4 is 0 Å². The third-order valence-electron chi connectivity index (χ3n) is 2.51. The minimum atomic E-state index is -4.45. The van der Waals surface area contributed by atoms with Gasteiger partial charge in [-0.3, -0.25) is 4.79 Å². The number of aromatic hydroxyl groups is 1. The molecule has 0 heterocycles. The molecule has 1 N–H and O–H groups in total. The Balaban J connectivity index is 3.01. The largest absolute Gasteiger partial charge is 0.507 e. The number of nitrogens with zero attached hydrogens (tertiary/aromatic N) is 1. The van der Waals surface area contributed by atoms with Crippen LogP contribution in [0.3, 0.4) is 0 Å². The van der Waals surface area contributed by atoms with Crippen LogP contribution in [0.15, 0.2) is 18.2 Å². The highest BCUT2D eigenvalue weighted by Crippen LogP contribution is 2.24. The number of phenolic OH excluding ortho intramolecular Hbond substituents is 1. The third-order valence-corrected chi connectivity index (χ3v) is 2.51. The summed E-state index contributed by atoms with van der Waals surface area (Å²) in [5, 5.41) is 9.68. The van der Waals surface area contributed by atoms with Gasteiger partial charge in [0.2, 0.25) is 0 Å². The lowest BCUT2D eigenvalue weighted by molar-refractivity contribution is -0.140. The van der Waals surface area contributed by atoms with Crippen molar-refractivity contribution in [1.29, 1.82) is 0 Å². The van der Waals surface area contributed by atoms with E-state index in [-0.39, 0.29) is 17.9 Å². The summed E-state index contributed by atoms with van der Waals surface area (Å²) in [7, 11) is 0. The quantitative estimate of drug-likeness (QED) is 0.908. The van der Waals surface area contributed by atoms with Crippen molar-refractivity contribution in [2.75, 3.05) is 13.1 Å². The number of hydrogen-bond donors (Lipinski definition) is 1. The number of hydrogen-bond acceptors (Lipinski definition) is 2. The predicted molar refractivity (Wildman–Crippen MR) is 60.5 cm³/mol. The van der Waals surface area contributed by atoms with E-state index in [2.05, 4.69) is 0 Å². The summed E-state index contributed by atoms with van der Waals surface area (Å²) in [6.45, 7) is 1.63. The summed E-state index contributed by atoms with van der Waals surface area (Å²) in [6.07, 6.45) is -4.45. The normalized spacial score (nSPS) is 11.4. The van der Waals surface area contributed by atoms with Crippen molar-refractivity contribution in [2.24, 2.45) is 0 Å². The molecule has 18 heavy (non-hydrogen) atoms. The van der Waals surface area contributed by atoms with Gasteiger partial charge in [0, 0.05) is 6.54 Å². The zero-order valence-electron chi connectivity index (χ0n) is 10.1. The van der Waals surface area contributed by atoms with Crippen LogP contribution in [0.5, 0.6) is 5.75 Å². The Bertz CT molecular complexity index is 443. The van der Waals surface area contributed by atoms with Gasteiger partial charge in [-0.15, -0.1) is 0 Å². The van der Waals surface area contributed by atoms with E-state index in [1.807, 2.05) is 0 Å². The van der Waals surface area contributed by atoms with Crippen molar-refractivity contribution < 1.29 is 23.1 Å². The fourth-order valence-electron chi connectivity index (χ4n) is 1.55. The van der Waals surface area contributed by atoms with E-state index in [9.17, 15) is 23.1 Å². The first-order valence-electron chi connectivity index (χ1n) is 5.41. The molecule has 100 valence electrons. The maximum atomic E-state index is 12.3. The van der Waals surface area contributed by atoms with E-state index in [1.165, 1.54) is 19.1 Å². The van der Waals surface area contributed by atoms with Crippen LogP contribution in [-0.4, -0.2) is 35.2 Å². The third kappa shape index (κ3) is 3.38. The maximum absolute atomic E-state index is 12.3. The van der Waals surface area contributed by atoms with Crippen LogP contribution in [0.1, 0.15) is 22.8 Å². The number of aryl methyl sites for hydroxylation is 1. The Morgan fingerprint density at radius 3 is 2.50 bits per heavy atom. The van der Waals surface area contributed by atoms with Gasteiger partial charge in [-0.2, -0.15) is 13.2 Å². The molecule has 1 rings (SSSR count). The SMILES string of the molecule is CCN(CC(F)(F)F)C(=O)c1cccc(C)c1O. The van der Waals surface area contributed by atoms with Crippen LogP contribution >= 0.6 is 0 Å². The molecule has 0 unspecified atom stereocenters. The zero-order valence-corrected chi connectivity index (χ0v) is 10.1. The number of carbonyl (C=O) groups excluding carboxylic acids is 1. The van der Waals surface area contributed by atoms with Gasteiger partial charge in [-0.1, -0.05) is 12.1 Å². The lowest BCUT2D eigenvalue weighted by atomic mass is 10.1. The highest BCUT2D eigenvalue weighted by atomic mass is 19.4. The summed E-state index contributed by atoms with van der Waals surface area (Å²) in [4.78, 5) is 12.5. The van der Waals surface area contributed by atoms with Crippen molar-refractivity contribution in [1.82, 2.24) is 4.90 Å². The number of phenols is 1. The lowest BCUT2D eigenvalue weighted by Gasteiger charge is -2.22. The van der Waals surface area contributed by atoms with Gasteiger partial charge in [0.25, 0.3) is 5.91 Å². The Morgan fingerprint density at radius 2 is 2.00 bits per heavy atom. The highest BCUT2D eigenvalue weighted by molar-refractivity contribution is 5.97. The second-order valence-electron chi connectivity index (χ2n) is 3.91. The molecule has 0 radical (unpaired) electrons. The molecule has 6 heteroatoms. The molecular formula is C12H14F3NO2. The molecule has 1 aromatic carbocycles. The fourth-order valence-corrected chi connectivity index (χ4v) is 1.55. The fraction of sp³-hybridized carbons (Fsp3) is 0.417. The predicted octanol–water partition coefficient (Wildman–Crippen LogP) is 2.73. The Kier molecular flexibility index (Phi) is 4.21. The first-order chi connectivity index (χ1) is 8.26. The van der Waals surface area contributed by atoms with Crippen molar-refractivity contribution >= 4 is 5.91 Å². The Hall–Kier alpha value is -1.72. The van der Waals surface area contributed by atoms with Gasteiger partial charge in [0.1, 0.15) is 12.3 Å². The molecule has 0 saturated heterocycles. The van der Waals surface area contributed by atoms with Gasteiger partial charge in [0.05, 0.1) is 5.56 Å². The van der Waals surface area contributed by atoms with E-state index < -0.39 is 18.6 Å². The van der Waals surface area contributed by atoms with Gasteiger partial charge >= 0.3 is 6.18 Å². The van der Waals surface area contributed by atoms with E-state index in [0.29, 0.717) is 10.5 Å². The molecule has 0 aliphatic heterocycles. The van der Waals surface area contributed by atoms with Crippen molar-refractivity contribution in [3.8, 4) is 5.75 Å². The number of para-hydroxylation sites is 1.